The van der Waals surface area contributed by atoms with E-state index in [1.807, 2.05) is 18.3 Å². The van der Waals surface area contributed by atoms with Gasteiger partial charge in [0.1, 0.15) is 6.61 Å². The first-order chi connectivity index (χ1) is 7.25. The minimum Gasteiger partial charge on any atom is -0.478 e. The van der Waals surface area contributed by atoms with Crippen molar-refractivity contribution in [2.24, 2.45) is 10.9 Å². The summed E-state index contributed by atoms with van der Waals surface area (Å²) in [6.45, 7) is 5.07. The standard InChI is InChI=1S/C12H16N2O/c1-9(2)11-8-15-12(14-11)6-10-4-3-5-13-7-10/h3-5,7,9,11H,6,8H2,1-2H3. The highest BCUT2D eigenvalue weighted by Crippen LogP contribution is 2.15. The Morgan fingerprint density at radius 1 is 1.53 bits per heavy atom. The number of aliphatic imine (C=N–C) groups is 1. The van der Waals surface area contributed by atoms with Crippen LogP contribution in [-0.4, -0.2) is 23.5 Å². The molecule has 1 unspecified atom stereocenters. The van der Waals surface area contributed by atoms with Crippen molar-refractivity contribution in [3.63, 3.8) is 0 Å². The zero-order valence-electron chi connectivity index (χ0n) is 9.18. The van der Waals surface area contributed by atoms with Gasteiger partial charge in [0, 0.05) is 12.4 Å². The maximum Gasteiger partial charge on any atom is 0.188 e. The second-order valence-corrected chi connectivity index (χ2v) is 4.18. The lowest BCUT2D eigenvalue weighted by atomic mass is 10.1. The fourth-order valence-corrected chi connectivity index (χ4v) is 1.56. The predicted molar refractivity (Wildman–Crippen MR) is 60.0 cm³/mol. The molecule has 0 spiro atoms. The average Bonchev–Trinajstić information content (AvgIpc) is 2.68. The average molecular weight is 204 g/mol. The Balaban J connectivity index is 2.00. The number of hydrogen-bond donors (Lipinski definition) is 0. The Labute approximate surface area is 90.2 Å². The molecule has 0 amide bonds. The summed E-state index contributed by atoms with van der Waals surface area (Å²) in [4.78, 5) is 8.62. The third-order valence-electron chi connectivity index (χ3n) is 2.58. The Morgan fingerprint density at radius 3 is 3.00 bits per heavy atom. The van der Waals surface area contributed by atoms with E-state index in [1.54, 1.807) is 6.20 Å². The molecule has 1 aromatic rings. The molecule has 0 radical (unpaired) electrons. The molecule has 0 aromatic carbocycles. The van der Waals surface area contributed by atoms with Gasteiger partial charge in [-0.3, -0.25) is 4.98 Å². The van der Waals surface area contributed by atoms with E-state index >= 15 is 0 Å². The minimum absolute atomic E-state index is 0.330. The molecule has 0 fully saturated rings. The highest BCUT2D eigenvalue weighted by Gasteiger charge is 2.21. The monoisotopic (exact) mass is 204 g/mol. The van der Waals surface area contributed by atoms with Crippen LogP contribution in [0, 0.1) is 5.92 Å². The molecular formula is C12H16N2O. The van der Waals surface area contributed by atoms with E-state index in [1.165, 1.54) is 0 Å². The molecule has 1 aliphatic rings. The van der Waals surface area contributed by atoms with Crippen molar-refractivity contribution in [3.05, 3.63) is 30.1 Å². The van der Waals surface area contributed by atoms with Crippen LogP contribution >= 0.6 is 0 Å². The lowest BCUT2D eigenvalue weighted by Crippen LogP contribution is -2.13. The van der Waals surface area contributed by atoms with Gasteiger partial charge < -0.3 is 4.74 Å². The summed E-state index contributed by atoms with van der Waals surface area (Å²) in [7, 11) is 0. The Kier molecular flexibility index (Phi) is 2.99. The normalized spacial score (nSPS) is 20.2. The number of hydrogen-bond acceptors (Lipinski definition) is 3. The van der Waals surface area contributed by atoms with Crippen molar-refractivity contribution >= 4 is 5.90 Å². The van der Waals surface area contributed by atoms with Crippen LogP contribution in [0.1, 0.15) is 19.4 Å². The number of nitrogens with zero attached hydrogens (tertiary/aromatic N) is 2. The maximum atomic E-state index is 5.55. The molecule has 1 atom stereocenters. The SMILES string of the molecule is CC(C)C1COC(Cc2cccnc2)=N1. The predicted octanol–water partition coefficient (Wildman–Crippen LogP) is 2.08. The van der Waals surface area contributed by atoms with Crippen LogP contribution in [0.15, 0.2) is 29.5 Å². The maximum absolute atomic E-state index is 5.55. The summed E-state index contributed by atoms with van der Waals surface area (Å²) in [6, 6.07) is 4.31. The van der Waals surface area contributed by atoms with Gasteiger partial charge in [-0.2, -0.15) is 0 Å². The van der Waals surface area contributed by atoms with E-state index < -0.39 is 0 Å². The van der Waals surface area contributed by atoms with Crippen LogP contribution in [0.3, 0.4) is 0 Å². The van der Waals surface area contributed by atoms with Crippen molar-refractivity contribution in [1.82, 2.24) is 4.98 Å². The van der Waals surface area contributed by atoms with Gasteiger partial charge in [-0.05, 0) is 17.5 Å². The van der Waals surface area contributed by atoms with E-state index in [-0.39, 0.29) is 0 Å². The molecule has 1 aliphatic heterocycles. The molecule has 2 heterocycles. The highest BCUT2D eigenvalue weighted by molar-refractivity contribution is 5.80. The Bertz CT molecular complexity index is 346. The summed E-state index contributed by atoms with van der Waals surface area (Å²) in [5.74, 6) is 1.40. The summed E-state index contributed by atoms with van der Waals surface area (Å²) in [5.41, 5.74) is 1.15. The first-order valence-electron chi connectivity index (χ1n) is 5.34. The summed E-state index contributed by atoms with van der Waals surface area (Å²) >= 11 is 0. The van der Waals surface area contributed by atoms with Crippen molar-refractivity contribution in [2.45, 2.75) is 26.3 Å². The largest absolute Gasteiger partial charge is 0.478 e. The van der Waals surface area contributed by atoms with Crippen LogP contribution in [0.25, 0.3) is 0 Å². The van der Waals surface area contributed by atoms with Gasteiger partial charge in [0.2, 0.25) is 0 Å². The molecule has 1 aromatic heterocycles. The van der Waals surface area contributed by atoms with E-state index in [0.29, 0.717) is 12.0 Å². The third-order valence-corrected chi connectivity index (χ3v) is 2.58. The first-order valence-corrected chi connectivity index (χ1v) is 5.34. The van der Waals surface area contributed by atoms with Gasteiger partial charge in [0.05, 0.1) is 12.5 Å². The molecule has 80 valence electrons. The lowest BCUT2D eigenvalue weighted by Gasteiger charge is -2.06. The smallest absolute Gasteiger partial charge is 0.188 e. The minimum atomic E-state index is 0.330. The number of aromatic nitrogens is 1. The van der Waals surface area contributed by atoms with Gasteiger partial charge in [0.25, 0.3) is 0 Å². The first kappa shape index (κ1) is 10.1. The molecule has 0 bridgehead atoms. The zero-order chi connectivity index (χ0) is 10.7. The molecule has 15 heavy (non-hydrogen) atoms. The summed E-state index contributed by atoms with van der Waals surface area (Å²) in [6.07, 6.45) is 4.39. The van der Waals surface area contributed by atoms with Crippen LogP contribution in [0.5, 0.6) is 0 Å². The van der Waals surface area contributed by atoms with Crippen LogP contribution in [-0.2, 0) is 11.2 Å². The molecule has 3 heteroatoms. The second-order valence-electron chi connectivity index (χ2n) is 4.18. The van der Waals surface area contributed by atoms with Gasteiger partial charge in [0.15, 0.2) is 5.90 Å². The number of ether oxygens (including phenoxy) is 1. The summed E-state index contributed by atoms with van der Waals surface area (Å²) < 4.78 is 5.55. The molecule has 0 saturated heterocycles. The second kappa shape index (κ2) is 4.43. The lowest BCUT2D eigenvalue weighted by molar-refractivity contribution is 0.287. The fraction of sp³-hybridized carbons (Fsp3) is 0.500. The van der Waals surface area contributed by atoms with Crippen LogP contribution in [0.4, 0.5) is 0 Å². The Hall–Kier alpha value is -1.38. The quantitative estimate of drug-likeness (QED) is 0.755. The van der Waals surface area contributed by atoms with Crippen molar-refractivity contribution in [3.8, 4) is 0 Å². The van der Waals surface area contributed by atoms with Gasteiger partial charge in [-0.15, -0.1) is 0 Å². The van der Waals surface area contributed by atoms with Gasteiger partial charge in [-0.1, -0.05) is 19.9 Å². The number of pyridine rings is 1. The molecular weight excluding hydrogens is 188 g/mol. The molecule has 2 rings (SSSR count). The highest BCUT2D eigenvalue weighted by atomic mass is 16.5. The van der Waals surface area contributed by atoms with Crippen molar-refractivity contribution in [1.29, 1.82) is 0 Å². The third kappa shape index (κ3) is 2.55. The van der Waals surface area contributed by atoms with Gasteiger partial charge in [-0.25, -0.2) is 4.99 Å². The molecule has 3 nitrogen and oxygen atoms in total. The number of rotatable bonds is 3. The van der Waals surface area contributed by atoms with Crippen molar-refractivity contribution in [2.75, 3.05) is 6.61 Å². The fourth-order valence-electron chi connectivity index (χ4n) is 1.56. The van der Waals surface area contributed by atoms with E-state index in [4.69, 9.17) is 4.74 Å². The van der Waals surface area contributed by atoms with Gasteiger partial charge >= 0.3 is 0 Å². The van der Waals surface area contributed by atoms with Crippen LogP contribution < -0.4 is 0 Å². The summed E-state index contributed by atoms with van der Waals surface area (Å²) in [5, 5.41) is 0. The van der Waals surface area contributed by atoms with E-state index in [2.05, 4.69) is 23.8 Å². The zero-order valence-corrected chi connectivity index (χ0v) is 9.18. The van der Waals surface area contributed by atoms with Crippen LogP contribution in [0.2, 0.25) is 0 Å². The Morgan fingerprint density at radius 2 is 2.40 bits per heavy atom. The molecule has 0 N–H and O–H groups in total. The molecule has 0 saturated carbocycles. The van der Waals surface area contributed by atoms with Crippen molar-refractivity contribution < 1.29 is 4.74 Å². The topological polar surface area (TPSA) is 34.5 Å². The van der Waals surface area contributed by atoms with E-state index in [0.717, 1.165) is 24.5 Å². The van der Waals surface area contributed by atoms with E-state index in [9.17, 15) is 0 Å². The molecule has 0 aliphatic carbocycles.